The van der Waals surface area contributed by atoms with E-state index in [0.29, 0.717) is 20.1 Å². The van der Waals surface area contributed by atoms with Crippen molar-refractivity contribution in [2.75, 3.05) is 0 Å². The van der Waals surface area contributed by atoms with E-state index in [1.165, 1.54) is 0 Å². The quantitative estimate of drug-likeness (QED) is 0.555. The smallest absolute Gasteiger partial charge is 0.150 e. The fraction of sp³-hybridized carbons (Fsp3) is 0. The van der Waals surface area contributed by atoms with Gasteiger partial charge in [-0.05, 0) is 43.5 Å². The standard InChI is InChI=1S/C13H7Br2FO/c14-11-6-5-10(13(16)12(11)15)9-3-1-8(7-17)2-4-9/h1-7H. The Balaban J connectivity index is 2.53. The van der Waals surface area contributed by atoms with Gasteiger partial charge in [0, 0.05) is 15.6 Å². The molecule has 0 aliphatic heterocycles. The Morgan fingerprint density at radius 2 is 1.65 bits per heavy atom. The van der Waals surface area contributed by atoms with Crippen LogP contribution in [0.5, 0.6) is 0 Å². The van der Waals surface area contributed by atoms with Crippen molar-refractivity contribution in [3.05, 3.63) is 56.7 Å². The van der Waals surface area contributed by atoms with Crippen LogP contribution in [0.3, 0.4) is 0 Å². The van der Waals surface area contributed by atoms with Crippen LogP contribution >= 0.6 is 31.9 Å². The van der Waals surface area contributed by atoms with Crippen molar-refractivity contribution >= 4 is 38.1 Å². The lowest BCUT2D eigenvalue weighted by atomic mass is 10.0. The van der Waals surface area contributed by atoms with Crippen molar-refractivity contribution in [2.24, 2.45) is 0 Å². The zero-order valence-corrected chi connectivity index (χ0v) is 11.8. The van der Waals surface area contributed by atoms with Gasteiger partial charge in [0.1, 0.15) is 12.1 Å². The second-order valence-corrected chi connectivity index (χ2v) is 5.11. The van der Waals surface area contributed by atoms with E-state index in [-0.39, 0.29) is 5.82 Å². The summed E-state index contributed by atoms with van der Waals surface area (Å²) in [4.78, 5) is 10.5. The van der Waals surface area contributed by atoms with Crippen molar-refractivity contribution in [3.63, 3.8) is 0 Å². The number of benzene rings is 2. The first-order chi connectivity index (χ1) is 8.13. The third-order valence-electron chi connectivity index (χ3n) is 2.39. The Kier molecular flexibility index (Phi) is 3.74. The molecule has 2 aromatic rings. The van der Waals surface area contributed by atoms with Gasteiger partial charge in [0.25, 0.3) is 0 Å². The van der Waals surface area contributed by atoms with Gasteiger partial charge in [-0.1, -0.05) is 30.3 Å². The van der Waals surface area contributed by atoms with Crippen molar-refractivity contribution in [3.8, 4) is 11.1 Å². The van der Waals surface area contributed by atoms with Crippen LogP contribution < -0.4 is 0 Å². The molecule has 0 atom stereocenters. The van der Waals surface area contributed by atoms with Crippen LogP contribution in [0.25, 0.3) is 11.1 Å². The average molecular weight is 358 g/mol. The monoisotopic (exact) mass is 356 g/mol. The molecule has 0 spiro atoms. The summed E-state index contributed by atoms with van der Waals surface area (Å²) in [7, 11) is 0. The van der Waals surface area contributed by atoms with Crippen LogP contribution in [0.1, 0.15) is 10.4 Å². The lowest BCUT2D eigenvalue weighted by Gasteiger charge is -2.06. The fourth-order valence-corrected chi connectivity index (χ4v) is 2.14. The van der Waals surface area contributed by atoms with Gasteiger partial charge in [-0.25, -0.2) is 4.39 Å². The highest BCUT2D eigenvalue weighted by Crippen LogP contribution is 2.33. The molecule has 0 fully saturated rings. The lowest BCUT2D eigenvalue weighted by molar-refractivity contribution is 0.112. The van der Waals surface area contributed by atoms with Gasteiger partial charge in [0.15, 0.2) is 0 Å². The largest absolute Gasteiger partial charge is 0.298 e. The molecule has 0 N–H and O–H groups in total. The van der Waals surface area contributed by atoms with Crippen molar-refractivity contribution in [1.29, 1.82) is 0 Å². The molecule has 4 heteroatoms. The van der Waals surface area contributed by atoms with E-state index in [9.17, 15) is 9.18 Å². The maximum atomic E-state index is 14.0. The molecular weight excluding hydrogens is 351 g/mol. The number of aldehydes is 1. The summed E-state index contributed by atoms with van der Waals surface area (Å²) in [5, 5.41) is 0. The number of carbonyl (C=O) groups excluding carboxylic acids is 1. The molecule has 0 heterocycles. The summed E-state index contributed by atoms with van der Waals surface area (Å²) in [6.07, 6.45) is 0.762. The fourth-order valence-electron chi connectivity index (χ4n) is 1.49. The molecule has 0 unspecified atom stereocenters. The first-order valence-corrected chi connectivity index (χ1v) is 6.41. The molecule has 86 valence electrons. The van der Waals surface area contributed by atoms with Crippen molar-refractivity contribution < 1.29 is 9.18 Å². The predicted molar refractivity (Wildman–Crippen MR) is 72.6 cm³/mol. The Hall–Kier alpha value is -1.00. The molecular formula is C13H7Br2FO. The van der Waals surface area contributed by atoms with Gasteiger partial charge in [0.05, 0.1) is 4.47 Å². The minimum Gasteiger partial charge on any atom is -0.298 e. The number of hydrogen-bond acceptors (Lipinski definition) is 1. The maximum absolute atomic E-state index is 14.0. The Labute approximate surface area is 115 Å². The summed E-state index contributed by atoms with van der Waals surface area (Å²) >= 11 is 6.42. The van der Waals surface area contributed by atoms with E-state index in [2.05, 4.69) is 31.9 Å². The molecule has 2 rings (SSSR count). The lowest BCUT2D eigenvalue weighted by Crippen LogP contribution is -1.88. The van der Waals surface area contributed by atoms with E-state index < -0.39 is 0 Å². The first-order valence-electron chi connectivity index (χ1n) is 4.82. The van der Waals surface area contributed by atoms with Gasteiger partial charge < -0.3 is 0 Å². The molecule has 0 amide bonds. The van der Waals surface area contributed by atoms with Crippen LogP contribution in [0, 0.1) is 5.82 Å². The highest BCUT2D eigenvalue weighted by atomic mass is 79.9. The number of halogens is 3. The molecule has 0 saturated heterocycles. The van der Waals surface area contributed by atoms with Crippen molar-refractivity contribution in [2.45, 2.75) is 0 Å². The molecule has 0 aliphatic carbocycles. The predicted octanol–water partition coefficient (Wildman–Crippen LogP) is 4.83. The summed E-state index contributed by atoms with van der Waals surface area (Å²) in [5.74, 6) is -0.321. The van der Waals surface area contributed by atoms with Crippen molar-refractivity contribution in [1.82, 2.24) is 0 Å². The molecule has 17 heavy (non-hydrogen) atoms. The second kappa shape index (κ2) is 5.10. The third-order valence-corrected chi connectivity index (χ3v) is 4.36. The minimum absolute atomic E-state index is 0.321. The minimum atomic E-state index is -0.321. The molecule has 0 saturated carbocycles. The SMILES string of the molecule is O=Cc1ccc(-c2ccc(Br)c(Br)c2F)cc1. The third kappa shape index (κ3) is 2.48. The first kappa shape index (κ1) is 12.5. The average Bonchev–Trinajstić information content (AvgIpc) is 2.36. The van der Waals surface area contributed by atoms with E-state index in [1.807, 2.05) is 0 Å². The van der Waals surface area contributed by atoms with E-state index in [1.54, 1.807) is 36.4 Å². The van der Waals surface area contributed by atoms with E-state index >= 15 is 0 Å². The topological polar surface area (TPSA) is 17.1 Å². The van der Waals surface area contributed by atoms with E-state index in [4.69, 9.17) is 0 Å². The normalized spacial score (nSPS) is 10.3. The maximum Gasteiger partial charge on any atom is 0.150 e. The number of carbonyl (C=O) groups is 1. The van der Waals surface area contributed by atoms with Crippen LogP contribution in [0.4, 0.5) is 4.39 Å². The molecule has 2 aromatic carbocycles. The highest BCUT2D eigenvalue weighted by molar-refractivity contribution is 9.13. The van der Waals surface area contributed by atoms with Gasteiger partial charge in [-0.3, -0.25) is 4.79 Å². The molecule has 0 bridgehead atoms. The molecule has 1 nitrogen and oxygen atoms in total. The molecule has 0 aliphatic rings. The zero-order chi connectivity index (χ0) is 12.4. The summed E-state index contributed by atoms with van der Waals surface area (Å²) < 4.78 is 15.1. The number of rotatable bonds is 2. The molecule has 0 radical (unpaired) electrons. The summed E-state index contributed by atoms with van der Waals surface area (Å²) in [5.41, 5.74) is 1.81. The van der Waals surface area contributed by atoms with Gasteiger partial charge in [0.2, 0.25) is 0 Å². The Morgan fingerprint density at radius 3 is 2.24 bits per heavy atom. The number of hydrogen-bond donors (Lipinski definition) is 0. The Morgan fingerprint density at radius 1 is 1.00 bits per heavy atom. The molecule has 0 aromatic heterocycles. The van der Waals surface area contributed by atoms with E-state index in [0.717, 1.165) is 11.8 Å². The Bertz CT molecular complexity index is 564. The van der Waals surface area contributed by atoms with Crippen LogP contribution in [0.15, 0.2) is 45.3 Å². The van der Waals surface area contributed by atoms with Crippen LogP contribution in [-0.2, 0) is 0 Å². The summed E-state index contributed by atoms with van der Waals surface area (Å²) in [6.45, 7) is 0. The summed E-state index contributed by atoms with van der Waals surface area (Å²) in [6, 6.07) is 10.2. The van der Waals surface area contributed by atoms with Gasteiger partial charge in [-0.2, -0.15) is 0 Å². The van der Waals surface area contributed by atoms with Crippen LogP contribution in [0.2, 0.25) is 0 Å². The highest BCUT2D eigenvalue weighted by Gasteiger charge is 2.11. The van der Waals surface area contributed by atoms with Crippen LogP contribution in [-0.4, -0.2) is 6.29 Å². The second-order valence-electron chi connectivity index (χ2n) is 3.46. The van der Waals surface area contributed by atoms with Gasteiger partial charge >= 0.3 is 0 Å². The van der Waals surface area contributed by atoms with Gasteiger partial charge in [-0.15, -0.1) is 0 Å². The zero-order valence-electron chi connectivity index (χ0n) is 8.58.